The fraction of sp³-hybridized carbons (Fsp3) is 0.286. The lowest BCUT2D eigenvalue weighted by atomic mass is 10.1. The van der Waals surface area contributed by atoms with Gasteiger partial charge in [0.1, 0.15) is 6.04 Å². The molecule has 0 aliphatic rings. The molecule has 1 radical (unpaired) electrons. The van der Waals surface area contributed by atoms with Crippen LogP contribution in [0.15, 0.2) is 60.7 Å². The molecule has 6 nitrogen and oxygen atoms in total. The van der Waals surface area contributed by atoms with Gasteiger partial charge in [-0.3, -0.25) is 14.4 Å². The Morgan fingerprint density at radius 3 is 1.93 bits per heavy atom. The SMILES string of the molecule is N[C@@H](Cc1ccccc1)C(=O)N[C@@H](CS)C(=O)N[C@H]([C]=O)Cc1ccccc1. The summed E-state index contributed by atoms with van der Waals surface area (Å²) in [5.41, 5.74) is 7.77. The lowest BCUT2D eigenvalue weighted by molar-refractivity contribution is -0.129. The number of nitrogens with one attached hydrogen (secondary N) is 2. The van der Waals surface area contributed by atoms with Gasteiger partial charge in [-0.2, -0.15) is 12.6 Å². The average Bonchev–Trinajstić information content (AvgIpc) is 2.72. The Kier molecular flexibility index (Phi) is 8.71. The summed E-state index contributed by atoms with van der Waals surface area (Å²) in [6.07, 6.45) is 2.49. The summed E-state index contributed by atoms with van der Waals surface area (Å²) in [4.78, 5) is 36.0. The van der Waals surface area contributed by atoms with Gasteiger partial charge in [-0.25, -0.2) is 0 Å². The number of thiol groups is 1. The third kappa shape index (κ3) is 6.83. The predicted molar refractivity (Wildman–Crippen MR) is 112 cm³/mol. The number of hydrogen-bond donors (Lipinski definition) is 4. The van der Waals surface area contributed by atoms with Crippen molar-refractivity contribution in [3.05, 3.63) is 71.8 Å². The molecule has 0 aliphatic heterocycles. The zero-order valence-electron chi connectivity index (χ0n) is 15.4. The molecule has 147 valence electrons. The molecule has 3 atom stereocenters. The second-order valence-electron chi connectivity index (χ2n) is 6.41. The molecule has 0 aliphatic carbocycles. The molecule has 7 heteroatoms. The average molecular weight is 399 g/mol. The van der Waals surface area contributed by atoms with E-state index in [1.54, 1.807) is 0 Å². The van der Waals surface area contributed by atoms with Gasteiger partial charge >= 0.3 is 0 Å². The molecule has 2 amide bonds. The Balaban J connectivity index is 1.90. The minimum absolute atomic E-state index is 0.0759. The van der Waals surface area contributed by atoms with E-state index in [9.17, 15) is 14.4 Å². The second kappa shape index (κ2) is 11.3. The number of rotatable bonds is 10. The van der Waals surface area contributed by atoms with Gasteiger partial charge in [0.05, 0.1) is 12.1 Å². The summed E-state index contributed by atoms with van der Waals surface area (Å²) < 4.78 is 0. The topological polar surface area (TPSA) is 101 Å². The van der Waals surface area contributed by atoms with Crippen LogP contribution >= 0.6 is 12.6 Å². The van der Waals surface area contributed by atoms with E-state index < -0.39 is 29.9 Å². The quantitative estimate of drug-likeness (QED) is 0.445. The van der Waals surface area contributed by atoms with Crippen LogP contribution < -0.4 is 16.4 Å². The molecular formula is C21H24N3O3S. The zero-order valence-corrected chi connectivity index (χ0v) is 16.3. The number of benzene rings is 2. The van der Waals surface area contributed by atoms with Gasteiger partial charge in [-0.1, -0.05) is 60.7 Å². The van der Waals surface area contributed by atoms with Gasteiger partial charge in [-0.05, 0) is 17.5 Å². The maximum atomic E-state index is 12.5. The molecule has 4 N–H and O–H groups in total. The summed E-state index contributed by atoms with van der Waals surface area (Å²) in [6.45, 7) is 0. The van der Waals surface area contributed by atoms with Crippen LogP contribution in [0, 0.1) is 0 Å². The van der Waals surface area contributed by atoms with Crippen molar-refractivity contribution in [1.82, 2.24) is 10.6 Å². The van der Waals surface area contributed by atoms with E-state index in [2.05, 4.69) is 23.3 Å². The van der Waals surface area contributed by atoms with Crippen LogP contribution in [0.3, 0.4) is 0 Å². The van der Waals surface area contributed by atoms with Crippen molar-refractivity contribution in [3.8, 4) is 0 Å². The van der Waals surface area contributed by atoms with Gasteiger partial charge in [0.25, 0.3) is 0 Å². The van der Waals surface area contributed by atoms with Crippen molar-refractivity contribution >= 4 is 30.7 Å². The number of amides is 2. The van der Waals surface area contributed by atoms with Crippen molar-refractivity contribution < 1.29 is 14.4 Å². The van der Waals surface area contributed by atoms with E-state index >= 15 is 0 Å². The van der Waals surface area contributed by atoms with Crippen LogP contribution in [0.2, 0.25) is 0 Å². The molecule has 0 bridgehead atoms. The largest absolute Gasteiger partial charge is 0.344 e. The Morgan fingerprint density at radius 2 is 1.43 bits per heavy atom. The van der Waals surface area contributed by atoms with E-state index in [1.165, 1.54) is 0 Å². The number of carbonyl (C=O) groups excluding carboxylic acids is 3. The van der Waals surface area contributed by atoms with Crippen molar-refractivity contribution in [2.45, 2.75) is 31.0 Å². The standard InChI is InChI=1S/C21H24N3O3S/c22-18(12-16-9-5-2-6-10-16)20(26)24-19(14-28)21(27)23-17(13-25)11-15-7-3-1-4-8-15/h1-10,17-19,28H,11-12,14,22H2,(H,23,27)(H,24,26)/t17-,18-,19-/m0/s1. The first-order chi connectivity index (χ1) is 13.5. The highest BCUT2D eigenvalue weighted by Gasteiger charge is 2.25. The number of hydrogen-bond acceptors (Lipinski definition) is 5. The molecule has 28 heavy (non-hydrogen) atoms. The van der Waals surface area contributed by atoms with Crippen molar-refractivity contribution in [3.63, 3.8) is 0 Å². The molecule has 0 aromatic heterocycles. The van der Waals surface area contributed by atoms with Gasteiger partial charge < -0.3 is 16.4 Å². The summed E-state index contributed by atoms with van der Waals surface area (Å²) >= 11 is 4.13. The lowest BCUT2D eigenvalue weighted by Gasteiger charge is -2.21. The highest BCUT2D eigenvalue weighted by atomic mass is 32.1. The Bertz CT molecular complexity index is 771. The van der Waals surface area contributed by atoms with E-state index in [1.807, 2.05) is 66.9 Å². The van der Waals surface area contributed by atoms with E-state index in [-0.39, 0.29) is 5.75 Å². The fourth-order valence-electron chi connectivity index (χ4n) is 2.68. The summed E-state index contributed by atoms with van der Waals surface area (Å²) in [5.74, 6) is -0.876. The number of nitrogens with two attached hydrogens (primary N) is 1. The van der Waals surface area contributed by atoms with Crippen LogP contribution in [0.4, 0.5) is 0 Å². The molecule has 0 saturated heterocycles. The third-order valence-electron chi connectivity index (χ3n) is 4.19. The predicted octanol–water partition coefficient (Wildman–Crippen LogP) is 0.808. The van der Waals surface area contributed by atoms with Gasteiger partial charge in [-0.15, -0.1) is 0 Å². The summed E-state index contributed by atoms with van der Waals surface area (Å²) in [6, 6.07) is 16.2. The Labute approximate surface area is 170 Å². The molecule has 2 rings (SSSR count). The minimum Gasteiger partial charge on any atom is -0.344 e. The summed E-state index contributed by atoms with van der Waals surface area (Å²) in [5, 5.41) is 5.19. The molecular weight excluding hydrogens is 374 g/mol. The first-order valence-electron chi connectivity index (χ1n) is 8.96. The van der Waals surface area contributed by atoms with Crippen molar-refractivity contribution in [2.75, 3.05) is 5.75 Å². The van der Waals surface area contributed by atoms with E-state index in [0.717, 1.165) is 11.1 Å². The molecule has 0 fully saturated rings. The minimum atomic E-state index is -0.899. The van der Waals surface area contributed by atoms with Crippen LogP contribution in [-0.4, -0.2) is 42.0 Å². The Morgan fingerprint density at radius 1 is 0.893 bits per heavy atom. The highest BCUT2D eigenvalue weighted by molar-refractivity contribution is 7.80. The molecule has 0 saturated carbocycles. The maximum absolute atomic E-state index is 12.5. The molecule has 0 unspecified atom stereocenters. The smallest absolute Gasteiger partial charge is 0.244 e. The Hall–Kier alpha value is -2.64. The number of carbonyl (C=O) groups is 2. The molecule has 0 spiro atoms. The van der Waals surface area contributed by atoms with Crippen LogP contribution in [-0.2, 0) is 27.2 Å². The van der Waals surface area contributed by atoms with E-state index in [4.69, 9.17) is 5.73 Å². The third-order valence-corrected chi connectivity index (χ3v) is 4.56. The summed E-state index contributed by atoms with van der Waals surface area (Å²) in [7, 11) is 0. The normalized spacial score (nSPS) is 13.8. The van der Waals surface area contributed by atoms with Crippen LogP contribution in [0.5, 0.6) is 0 Å². The molecule has 2 aromatic carbocycles. The van der Waals surface area contributed by atoms with Crippen LogP contribution in [0.1, 0.15) is 11.1 Å². The first kappa shape index (κ1) is 21.7. The monoisotopic (exact) mass is 398 g/mol. The first-order valence-corrected chi connectivity index (χ1v) is 9.59. The molecule has 0 heterocycles. The van der Waals surface area contributed by atoms with Crippen LogP contribution in [0.25, 0.3) is 0 Å². The lowest BCUT2D eigenvalue weighted by Crippen LogP contribution is -2.55. The van der Waals surface area contributed by atoms with Crippen molar-refractivity contribution in [1.29, 1.82) is 0 Å². The zero-order chi connectivity index (χ0) is 20.4. The maximum Gasteiger partial charge on any atom is 0.244 e. The van der Waals surface area contributed by atoms with Gasteiger partial charge in [0.15, 0.2) is 0 Å². The van der Waals surface area contributed by atoms with Gasteiger partial charge in [0, 0.05) is 12.2 Å². The second-order valence-corrected chi connectivity index (χ2v) is 6.77. The van der Waals surface area contributed by atoms with Gasteiger partial charge in [0.2, 0.25) is 18.1 Å². The van der Waals surface area contributed by atoms with E-state index in [0.29, 0.717) is 12.8 Å². The van der Waals surface area contributed by atoms with Crippen molar-refractivity contribution in [2.24, 2.45) is 5.73 Å². The highest BCUT2D eigenvalue weighted by Crippen LogP contribution is 2.04. The fourth-order valence-corrected chi connectivity index (χ4v) is 2.93. The molecule has 2 aromatic rings.